The monoisotopic (exact) mass is 329 g/mol. The van der Waals surface area contributed by atoms with E-state index in [-0.39, 0.29) is 5.91 Å². The number of benzene rings is 1. The molecule has 2 heterocycles. The number of pyridine rings is 1. The van der Waals surface area contributed by atoms with Crippen LogP contribution in [-0.4, -0.2) is 24.0 Å². The fourth-order valence-electron chi connectivity index (χ4n) is 2.85. The van der Waals surface area contributed by atoms with Crippen molar-refractivity contribution in [1.82, 2.24) is 4.98 Å². The zero-order valence-electron chi connectivity index (χ0n) is 13.1. The second-order valence-electron chi connectivity index (χ2n) is 6.06. The highest BCUT2D eigenvalue weighted by Gasteiger charge is 2.17. The number of hydrogen-bond acceptors (Lipinski definition) is 3. The number of anilines is 2. The van der Waals surface area contributed by atoms with E-state index >= 15 is 0 Å². The van der Waals surface area contributed by atoms with Crippen molar-refractivity contribution in [3.63, 3.8) is 0 Å². The van der Waals surface area contributed by atoms with Crippen LogP contribution in [0.1, 0.15) is 30.1 Å². The molecule has 1 aliphatic heterocycles. The number of halogens is 1. The van der Waals surface area contributed by atoms with Crippen molar-refractivity contribution in [2.45, 2.75) is 19.8 Å². The van der Waals surface area contributed by atoms with Gasteiger partial charge in [0.1, 0.15) is 5.82 Å². The summed E-state index contributed by atoms with van der Waals surface area (Å²) in [4.78, 5) is 19.0. The second kappa shape index (κ2) is 7.01. The minimum atomic E-state index is -0.164. The van der Waals surface area contributed by atoms with Gasteiger partial charge < -0.3 is 10.2 Å². The predicted molar refractivity (Wildman–Crippen MR) is 94.3 cm³/mol. The zero-order valence-corrected chi connectivity index (χ0v) is 13.9. The molecular formula is C18H20ClN3O. The van der Waals surface area contributed by atoms with Gasteiger partial charge in [0.2, 0.25) is 0 Å². The van der Waals surface area contributed by atoms with Crippen molar-refractivity contribution >= 4 is 29.0 Å². The molecule has 23 heavy (non-hydrogen) atoms. The summed E-state index contributed by atoms with van der Waals surface area (Å²) in [5.41, 5.74) is 1.27. The molecule has 1 atom stereocenters. The van der Waals surface area contributed by atoms with E-state index in [0.717, 1.165) is 18.9 Å². The summed E-state index contributed by atoms with van der Waals surface area (Å²) in [6.45, 7) is 4.37. The van der Waals surface area contributed by atoms with Gasteiger partial charge in [0.15, 0.2) is 0 Å². The van der Waals surface area contributed by atoms with Crippen molar-refractivity contribution in [3.05, 3.63) is 53.2 Å². The summed E-state index contributed by atoms with van der Waals surface area (Å²) in [6.07, 6.45) is 4.20. The summed E-state index contributed by atoms with van der Waals surface area (Å²) in [5.74, 6) is 1.51. The van der Waals surface area contributed by atoms with Gasteiger partial charge in [0, 0.05) is 23.7 Å². The minimum Gasteiger partial charge on any atom is -0.356 e. The summed E-state index contributed by atoms with van der Waals surface area (Å²) in [6, 6.07) is 10.7. The quantitative estimate of drug-likeness (QED) is 0.916. The number of rotatable bonds is 3. The number of carbonyl (C=O) groups is 1. The maximum atomic E-state index is 12.2. The van der Waals surface area contributed by atoms with Crippen molar-refractivity contribution in [3.8, 4) is 0 Å². The highest BCUT2D eigenvalue weighted by atomic mass is 35.5. The largest absolute Gasteiger partial charge is 0.356 e. The van der Waals surface area contributed by atoms with Crippen LogP contribution in [0.3, 0.4) is 0 Å². The lowest BCUT2D eigenvalue weighted by Crippen LogP contribution is -2.34. The number of carbonyl (C=O) groups excluding carboxylic acids is 1. The zero-order chi connectivity index (χ0) is 16.2. The molecule has 0 saturated carbocycles. The third-order valence-electron chi connectivity index (χ3n) is 4.09. The Hall–Kier alpha value is -2.07. The van der Waals surface area contributed by atoms with Crippen LogP contribution < -0.4 is 10.2 Å². The SMILES string of the molecule is CC1CCCN(c2ccc(NC(=O)c3ccc(Cl)cc3)cn2)C1. The molecule has 0 radical (unpaired) electrons. The first-order valence-electron chi connectivity index (χ1n) is 7.90. The Balaban J connectivity index is 1.65. The average Bonchev–Trinajstić information content (AvgIpc) is 2.56. The maximum Gasteiger partial charge on any atom is 0.255 e. The van der Waals surface area contributed by atoms with Crippen LogP contribution >= 0.6 is 11.6 Å². The van der Waals surface area contributed by atoms with E-state index in [2.05, 4.69) is 22.1 Å². The minimum absolute atomic E-state index is 0.164. The number of nitrogens with zero attached hydrogens (tertiary/aromatic N) is 2. The van der Waals surface area contributed by atoms with Crippen LogP contribution in [0.5, 0.6) is 0 Å². The maximum absolute atomic E-state index is 12.2. The Morgan fingerprint density at radius 2 is 2.04 bits per heavy atom. The lowest BCUT2D eigenvalue weighted by atomic mass is 10.0. The van der Waals surface area contributed by atoms with Gasteiger partial charge in [-0.25, -0.2) is 4.98 Å². The Morgan fingerprint density at radius 1 is 1.26 bits per heavy atom. The van der Waals surface area contributed by atoms with Gasteiger partial charge in [-0.1, -0.05) is 18.5 Å². The number of aromatic nitrogens is 1. The van der Waals surface area contributed by atoms with E-state index in [0.29, 0.717) is 22.2 Å². The number of hydrogen-bond donors (Lipinski definition) is 1. The fraction of sp³-hybridized carbons (Fsp3) is 0.333. The predicted octanol–water partition coefficient (Wildman–Crippen LogP) is 4.22. The summed E-state index contributed by atoms with van der Waals surface area (Å²) >= 11 is 5.83. The Kier molecular flexibility index (Phi) is 4.82. The highest BCUT2D eigenvalue weighted by Crippen LogP contribution is 2.22. The first-order valence-corrected chi connectivity index (χ1v) is 8.27. The molecule has 1 amide bonds. The van der Waals surface area contributed by atoms with Gasteiger partial charge >= 0.3 is 0 Å². The van der Waals surface area contributed by atoms with Gasteiger partial charge in [-0.3, -0.25) is 4.79 Å². The molecule has 0 bridgehead atoms. The molecule has 1 fully saturated rings. The van der Waals surface area contributed by atoms with Crippen LogP contribution in [0.25, 0.3) is 0 Å². The van der Waals surface area contributed by atoms with Crippen LogP contribution in [0.15, 0.2) is 42.6 Å². The molecule has 1 aromatic heterocycles. The highest BCUT2D eigenvalue weighted by molar-refractivity contribution is 6.30. The molecule has 1 aliphatic rings. The molecule has 3 rings (SSSR count). The lowest BCUT2D eigenvalue weighted by molar-refractivity contribution is 0.102. The molecule has 5 heteroatoms. The summed E-state index contributed by atoms with van der Waals surface area (Å²) in [5, 5.41) is 3.47. The molecule has 0 spiro atoms. The van der Waals surface area contributed by atoms with Crippen molar-refractivity contribution in [2.75, 3.05) is 23.3 Å². The van der Waals surface area contributed by atoms with Gasteiger partial charge in [0.05, 0.1) is 11.9 Å². The van der Waals surface area contributed by atoms with Crippen molar-refractivity contribution < 1.29 is 4.79 Å². The summed E-state index contributed by atoms with van der Waals surface area (Å²) in [7, 11) is 0. The Labute approximate surface area is 141 Å². The lowest BCUT2D eigenvalue weighted by Gasteiger charge is -2.31. The van der Waals surface area contributed by atoms with E-state index in [1.54, 1.807) is 30.5 Å². The van der Waals surface area contributed by atoms with Crippen LogP contribution in [-0.2, 0) is 0 Å². The Bertz CT molecular complexity index is 670. The molecule has 1 N–H and O–H groups in total. The third-order valence-corrected chi connectivity index (χ3v) is 4.35. The Morgan fingerprint density at radius 3 is 2.70 bits per heavy atom. The molecule has 120 valence electrons. The van der Waals surface area contributed by atoms with E-state index < -0.39 is 0 Å². The first kappa shape index (κ1) is 15.8. The fourth-order valence-corrected chi connectivity index (χ4v) is 2.98. The van der Waals surface area contributed by atoms with E-state index in [1.807, 2.05) is 12.1 Å². The van der Waals surface area contributed by atoms with E-state index in [4.69, 9.17) is 11.6 Å². The molecule has 2 aromatic rings. The summed E-state index contributed by atoms with van der Waals surface area (Å²) < 4.78 is 0. The van der Waals surface area contributed by atoms with E-state index in [9.17, 15) is 4.79 Å². The van der Waals surface area contributed by atoms with Gasteiger partial charge in [-0.2, -0.15) is 0 Å². The topological polar surface area (TPSA) is 45.2 Å². The normalized spacial score (nSPS) is 17.8. The number of nitrogens with one attached hydrogen (secondary N) is 1. The van der Waals surface area contributed by atoms with Gasteiger partial charge in [0.25, 0.3) is 5.91 Å². The molecular weight excluding hydrogens is 310 g/mol. The van der Waals surface area contributed by atoms with Crippen molar-refractivity contribution in [2.24, 2.45) is 5.92 Å². The molecule has 1 unspecified atom stereocenters. The molecule has 1 aromatic carbocycles. The molecule has 4 nitrogen and oxygen atoms in total. The second-order valence-corrected chi connectivity index (χ2v) is 6.50. The van der Waals surface area contributed by atoms with Gasteiger partial charge in [-0.15, -0.1) is 0 Å². The van der Waals surface area contributed by atoms with Crippen LogP contribution in [0.4, 0.5) is 11.5 Å². The van der Waals surface area contributed by atoms with Crippen molar-refractivity contribution in [1.29, 1.82) is 0 Å². The smallest absolute Gasteiger partial charge is 0.255 e. The standard InChI is InChI=1S/C18H20ClN3O/c1-13-3-2-10-22(12-13)17-9-8-16(11-20-17)21-18(23)14-4-6-15(19)7-5-14/h4-9,11,13H,2-3,10,12H2,1H3,(H,21,23). The van der Waals surface area contributed by atoms with E-state index in [1.165, 1.54) is 12.8 Å². The van der Waals surface area contributed by atoms with Crippen LogP contribution in [0.2, 0.25) is 5.02 Å². The van der Waals surface area contributed by atoms with Gasteiger partial charge in [-0.05, 0) is 55.2 Å². The third kappa shape index (κ3) is 4.02. The van der Waals surface area contributed by atoms with Crippen LogP contribution in [0, 0.1) is 5.92 Å². The number of piperidine rings is 1. The first-order chi connectivity index (χ1) is 11.1. The molecule has 0 aliphatic carbocycles. The average molecular weight is 330 g/mol. The molecule has 1 saturated heterocycles. The number of amides is 1.